The van der Waals surface area contributed by atoms with E-state index in [-0.39, 0.29) is 12.5 Å². The Morgan fingerprint density at radius 2 is 1.40 bits per heavy atom. The minimum Gasteiger partial charge on any atom is -0.497 e. The third-order valence-electron chi connectivity index (χ3n) is 8.68. The number of aliphatic hydroxyl groups is 1. The Bertz CT molecular complexity index is 1820. The fourth-order valence-corrected chi connectivity index (χ4v) is 6.70. The van der Waals surface area contributed by atoms with Gasteiger partial charge in [0.05, 0.1) is 21.3 Å². The molecule has 1 N–H and O–H groups in total. The van der Waals surface area contributed by atoms with Crippen LogP contribution in [-0.4, -0.2) is 33.0 Å². The van der Waals surface area contributed by atoms with Crippen molar-refractivity contribution in [3.05, 3.63) is 125 Å². The molecule has 2 unspecified atom stereocenters. The van der Waals surface area contributed by atoms with Gasteiger partial charge in [-0.05, 0) is 82.6 Å². The van der Waals surface area contributed by atoms with Crippen LogP contribution in [0, 0.1) is 0 Å². The topological polar surface area (TPSA) is 57.2 Å². The molecule has 5 aromatic rings. The van der Waals surface area contributed by atoms with Gasteiger partial charge in [-0.25, -0.2) is 0 Å². The molecule has 2 atom stereocenters. The maximum atomic E-state index is 10.2. The number of ether oxygens (including phenoxy) is 4. The number of aliphatic hydroxyl groups excluding tert-OH is 1. The monoisotopic (exact) mass is 556 g/mol. The molecular formula is C37H32O5. The Hall–Kier alpha value is -4.74. The lowest BCUT2D eigenvalue weighted by Crippen LogP contribution is -2.34. The largest absolute Gasteiger partial charge is 0.497 e. The number of hydrogen-bond donors (Lipinski definition) is 1. The first-order valence-electron chi connectivity index (χ1n) is 14.2. The Morgan fingerprint density at radius 3 is 2.12 bits per heavy atom. The summed E-state index contributed by atoms with van der Waals surface area (Å²) >= 11 is 0. The van der Waals surface area contributed by atoms with E-state index in [0.29, 0.717) is 6.42 Å². The first kappa shape index (κ1) is 26.2. The zero-order valence-electron chi connectivity index (χ0n) is 23.9. The van der Waals surface area contributed by atoms with Gasteiger partial charge < -0.3 is 24.1 Å². The lowest BCUT2D eigenvalue weighted by molar-refractivity contribution is 0.163. The molecule has 5 heteroatoms. The van der Waals surface area contributed by atoms with Gasteiger partial charge in [-0.15, -0.1) is 0 Å². The van der Waals surface area contributed by atoms with Gasteiger partial charge >= 0.3 is 0 Å². The fourth-order valence-electron chi connectivity index (χ4n) is 6.70. The van der Waals surface area contributed by atoms with Crippen LogP contribution in [0.25, 0.3) is 28.0 Å². The molecule has 0 bridgehead atoms. The number of benzene rings is 5. The summed E-state index contributed by atoms with van der Waals surface area (Å²) in [5, 5.41) is 12.3. The highest BCUT2D eigenvalue weighted by molar-refractivity contribution is 6.08. The zero-order chi connectivity index (χ0) is 28.8. The summed E-state index contributed by atoms with van der Waals surface area (Å²) in [6.07, 6.45) is 4.97. The van der Waals surface area contributed by atoms with Crippen LogP contribution < -0.4 is 18.9 Å². The summed E-state index contributed by atoms with van der Waals surface area (Å²) in [6, 6.07) is 30.8. The molecule has 0 amide bonds. The standard InChI is InChI=1S/C37H32O5/c1-39-25-11-9-24(10-12-25)37(23-7-5-4-6-8-23)19-17-31-35-30(18-20-38)32-21-26(40-2)13-15-28(32)34(35)29-16-14-27(41-3)22-33(29)36(31)42-37/h4-17,19,21-22,30,38H,18,20H2,1-3H3. The molecule has 210 valence electrons. The summed E-state index contributed by atoms with van der Waals surface area (Å²) in [5.41, 5.74) is 6.84. The van der Waals surface area contributed by atoms with E-state index in [4.69, 9.17) is 18.9 Å². The van der Waals surface area contributed by atoms with Gasteiger partial charge in [0.1, 0.15) is 23.0 Å². The smallest absolute Gasteiger partial charge is 0.178 e. The van der Waals surface area contributed by atoms with Crippen LogP contribution in [0.5, 0.6) is 23.0 Å². The van der Waals surface area contributed by atoms with Gasteiger partial charge in [-0.1, -0.05) is 54.6 Å². The van der Waals surface area contributed by atoms with Crippen LogP contribution >= 0.6 is 0 Å². The molecule has 1 aliphatic carbocycles. The van der Waals surface area contributed by atoms with Crippen LogP contribution in [0.3, 0.4) is 0 Å². The van der Waals surface area contributed by atoms with E-state index in [1.807, 2.05) is 42.5 Å². The van der Waals surface area contributed by atoms with Gasteiger partial charge in [0.15, 0.2) is 5.60 Å². The summed E-state index contributed by atoms with van der Waals surface area (Å²) in [6.45, 7) is 0.0700. The van der Waals surface area contributed by atoms with Crippen molar-refractivity contribution in [3.8, 4) is 34.1 Å². The lowest BCUT2D eigenvalue weighted by atomic mass is 9.80. The van der Waals surface area contributed by atoms with Gasteiger partial charge in [0, 0.05) is 34.6 Å². The van der Waals surface area contributed by atoms with E-state index < -0.39 is 5.60 Å². The minimum atomic E-state index is -0.869. The molecule has 0 fully saturated rings. The average molecular weight is 557 g/mol. The zero-order valence-corrected chi connectivity index (χ0v) is 23.9. The molecule has 2 aliphatic rings. The predicted molar refractivity (Wildman–Crippen MR) is 166 cm³/mol. The van der Waals surface area contributed by atoms with Crippen molar-refractivity contribution >= 4 is 16.8 Å². The molecular weight excluding hydrogens is 524 g/mol. The van der Waals surface area contributed by atoms with Gasteiger partial charge in [-0.2, -0.15) is 0 Å². The van der Waals surface area contributed by atoms with E-state index in [1.165, 1.54) is 11.1 Å². The number of hydrogen-bond acceptors (Lipinski definition) is 5. The summed E-state index contributed by atoms with van der Waals surface area (Å²) in [7, 11) is 5.05. The quantitative estimate of drug-likeness (QED) is 0.223. The molecule has 0 aromatic heterocycles. The Kier molecular flexibility index (Phi) is 6.40. The number of fused-ring (bicyclic) bond motifs is 8. The van der Waals surface area contributed by atoms with Gasteiger partial charge in [0.25, 0.3) is 0 Å². The Balaban J connectivity index is 1.54. The number of methoxy groups -OCH3 is 3. The van der Waals surface area contributed by atoms with Gasteiger partial charge in [0.2, 0.25) is 0 Å². The summed E-state index contributed by atoms with van der Waals surface area (Å²) in [5.74, 6) is 3.15. The normalized spacial score (nSPS) is 18.1. The maximum absolute atomic E-state index is 10.2. The van der Waals surface area contributed by atoms with Crippen molar-refractivity contribution < 1.29 is 24.1 Å². The van der Waals surface area contributed by atoms with Gasteiger partial charge in [-0.3, -0.25) is 0 Å². The van der Waals surface area contributed by atoms with E-state index in [2.05, 4.69) is 60.7 Å². The van der Waals surface area contributed by atoms with E-state index in [1.54, 1.807) is 21.3 Å². The highest BCUT2D eigenvalue weighted by Crippen LogP contribution is 2.57. The minimum absolute atomic E-state index is 0.00573. The molecule has 0 saturated heterocycles. The molecule has 0 spiro atoms. The van der Waals surface area contributed by atoms with Crippen LogP contribution in [0.1, 0.15) is 40.2 Å². The van der Waals surface area contributed by atoms with Crippen molar-refractivity contribution in [1.82, 2.24) is 0 Å². The number of rotatable bonds is 7. The fraction of sp³-hybridized carbons (Fsp3) is 0.189. The van der Waals surface area contributed by atoms with Crippen LogP contribution in [0.2, 0.25) is 0 Å². The Labute approximate surface area is 245 Å². The summed E-state index contributed by atoms with van der Waals surface area (Å²) < 4.78 is 24.1. The van der Waals surface area contributed by atoms with Crippen molar-refractivity contribution in [2.45, 2.75) is 17.9 Å². The maximum Gasteiger partial charge on any atom is 0.178 e. The molecule has 1 aliphatic heterocycles. The van der Waals surface area contributed by atoms with E-state index in [0.717, 1.165) is 61.6 Å². The predicted octanol–water partition coefficient (Wildman–Crippen LogP) is 7.71. The van der Waals surface area contributed by atoms with Crippen LogP contribution in [0.4, 0.5) is 0 Å². The van der Waals surface area contributed by atoms with Crippen molar-refractivity contribution in [2.24, 2.45) is 0 Å². The molecule has 5 aromatic carbocycles. The summed E-state index contributed by atoms with van der Waals surface area (Å²) in [4.78, 5) is 0. The Morgan fingerprint density at radius 1 is 0.738 bits per heavy atom. The highest BCUT2D eigenvalue weighted by Gasteiger charge is 2.41. The van der Waals surface area contributed by atoms with Crippen molar-refractivity contribution in [1.29, 1.82) is 0 Å². The third-order valence-corrected chi connectivity index (χ3v) is 8.68. The van der Waals surface area contributed by atoms with E-state index in [9.17, 15) is 5.11 Å². The highest BCUT2D eigenvalue weighted by atomic mass is 16.5. The second-order valence-corrected chi connectivity index (χ2v) is 10.7. The van der Waals surface area contributed by atoms with E-state index >= 15 is 0 Å². The second kappa shape index (κ2) is 10.3. The first-order valence-corrected chi connectivity index (χ1v) is 14.2. The first-order chi connectivity index (χ1) is 20.6. The SMILES string of the molecule is COc1ccc(C2(c3ccccc3)C=Cc3c4c(c5ccc(OC)cc5c3O2)-c2ccc(OC)cc2C4CCO)cc1. The lowest BCUT2D eigenvalue weighted by Gasteiger charge is -2.38. The molecule has 1 heterocycles. The third kappa shape index (κ3) is 3.88. The van der Waals surface area contributed by atoms with Crippen molar-refractivity contribution in [3.63, 3.8) is 0 Å². The molecule has 5 nitrogen and oxygen atoms in total. The molecule has 7 rings (SSSR count). The second-order valence-electron chi connectivity index (χ2n) is 10.7. The van der Waals surface area contributed by atoms with Crippen LogP contribution in [0.15, 0.2) is 97.1 Å². The van der Waals surface area contributed by atoms with Crippen LogP contribution in [-0.2, 0) is 5.60 Å². The average Bonchev–Trinajstić information content (AvgIpc) is 3.38. The molecule has 42 heavy (non-hydrogen) atoms. The molecule has 0 saturated carbocycles. The molecule has 0 radical (unpaired) electrons. The van der Waals surface area contributed by atoms with Crippen molar-refractivity contribution in [2.75, 3.05) is 27.9 Å².